The molecule has 6 heteroatoms. The third-order valence-electron chi connectivity index (χ3n) is 3.45. The first-order valence-corrected chi connectivity index (χ1v) is 8.21. The van der Waals surface area contributed by atoms with Gasteiger partial charge in [-0.3, -0.25) is 4.79 Å². The van der Waals surface area contributed by atoms with Crippen LogP contribution in [0.2, 0.25) is 0 Å². The van der Waals surface area contributed by atoms with E-state index in [4.69, 9.17) is 20.5 Å². The molecule has 0 radical (unpaired) electrons. The molecule has 1 amide bonds. The zero-order valence-electron chi connectivity index (χ0n) is 13.9. The van der Waals surface area contributed by atoms with Crippen molar-refractivity contribution in [3.63, 3.8) is 0 Å². The van der Waals surface area contributed by atoms with Crippen LogP contribution < -0.4 is 15.2 Å². The van der Waals surface area contributed by atoms with Crippen LogP contribution in [0, 0.1) is 18.3 Å². The summed E-state index contributed by atoms with van der Waals surface area (Å²) in [6.45, 7) is 2.41. The molecule has 0 bridgehead atoms. The van der Waals surface area contributed by atoms with E-state index in [-0.39, 0.29) is 5.57 Å². The molecule has 0 aromatic heterocycles. The molecule has 5 nitrogen and oxygen atoms in total. The van der Waals surface area contributed by atoms with Crippen molar-refractivity contribution in [3.05, 3.63) is 63.1 Å². The Hall–Kier alpha value is -2.78. The van der Waals surface area contributed by atoms with Gasteiger partial charge in [0.2, 0.25) is 0 Å². The Bertz CT molecular complexity index is 852. The van der Waals surface area contributed by atoms with Gasteiger partial charge < -0.3 is 15.2 Å². The molecule has 25 heavy (non-hydrogen) atoms. The van der Waals surface area contributed by atoms with Gasteiger partial charge in [0.1, 0.15) is 18.2 Å². The maximum Gasteiger partial charge on any atom is 0.259 e. The summed E-state index contributed by atoms with van der Waals surface area (Å²) in [5.74, 6) is 0.240. The highest BCUT2D eigenvalue weighted by Gasteiger charge is 2.13. The Morgan fingerprint density at radius 1 is 1.32 bits per heavy atom. The van der Waals surface area contributed by atoms with Crippen LogP contribution in [0.5, 0.6) is 11.5 Å². The highest BCUT2D eigenvalue weighted by atomic mass is 79.9. The maximum atomic E-state index is 11.2. The zero-order valence-corrected chi connectivity index (χ0v) is 15.5. The summed E-state index contributed by atoms with van der Waals surface area (Å²) in [5, 5.41) is 8.95. The Kier molecular flexibility index (Phi) is 6.20. The fourth-order valence-corrected chi connectivity index (χ4v) is 2.70. The van der Waals surface area contributed by atoms with Crippen molar-refractivity contribution < 1.29 is 14.3 Å². The van der Waals surface area contributed by atoms with Crippen molar-refractivity contribution in [3.8, 4) is 17.6 Å². The molecule has 2 rings (SSSR count). The fraction of sp³-hybridized carbons (Fsp3) is 0.158. The molecule has 0 spiro atoms. The summed E-state index contributed by atoms with van der Waals surface area (Å²) < 4.78 is 11.9. The molecule has 2 aromatic rings. The second kappa shape index (κ2) is 8.36. The van der Waals surface area contributed by atoms with Gasteiger partial charge in [0.25, 0.3) is 5.91 Å². The standard InChI is InChI=1S/C19H17BrN2O3/c1-12-3-5-13(6-4-12)11-25-18-16(20)8-14(9-17(18)24-2)7-15(10-21)19(22)23/h3-9H,11H2,1-2H3,(H2,22,23)/b15-7+. The van der Waals surface area contributed by atoms with Crippen molar-refractivity contribution in [2.75, 3.05) is 7.11 Å². The topological polar surface area (TPSA) is 85.3 Å². The smallest absolute Gasteiger partial charge is 0.259 e. The lowest BCUT2D eigenvalue weighted by atomic mass is 10.1. The summed E-state index contributed by atoms with van der Waals surface area (Å²) in [6, 6.07) is 13.2. The van der Waals surface area contributed by atoms with Crippen LogP contribution >= 0.6 is 15.9 Å². The second-order valence-electron chi connectivity index (χ2n) is 5.34. The van der Waals surface area contributed by atoms with Crippen LogP contribution in [0.1, 0.15) is 16.7 Å². The van der Waals surface area contributed by atoms with Gasteiger partial charge in [-0.2, -0.15) is 5.26 Å². The van der Waals surface area contributed by atoms with Crippen molar-refractivity contribution >= 4 is 27.9 Å². The van der Waals surface area contributed by atoms with Gasteiger partial charge >= 0.3 is 0 Å². The van der Waals surface area contributed by atoms with Gasteiger partial charge in [-0.1, -0.05) is 29.8 Å². The summed E-state index contributed by atoms with van der Waals surface area (Å²) in [4.78, 5) is 11.2. The summed E-state index contributed by atoms with van der Waals surface area (Å²) in [6.07, 6.45) is 1.40. The highest BCUT2D eigenvalue weighted by Crippen LogP contribution is 2.37. The molecule has 2 N–H and O–H groups in total. The number of benzene rings is 2. The number of methoxy groups -OCH3 is 1. The molecule has 0 heterocycles. The number of aryl methyl sites for hydroxylation is 1. The highest BCUT2D eigenvalue weighted by molar-refractivity contribution is 9.10. The van der Waals surface area contributed by atoms with Crippen LogP contribution in [0.25, 0.3) is 6.08 Å². The number of hydrogen-bond acceptors (Lipinski definition) is 4. The minimum Gasteiger partial charge on any atom is -0.493 e. The number of nitriles is 1. The van der Waals surface area contributed by atoms with Crippen LogP contribution in [-0.4, -0.2) is 13.0 Å². The van der Waals surface area contributed by atoms with Gasteiger partial charge in [-0.15, -0.1) is 0 Å². The summed E-state index contributed by atoms with van der Waals surface area (Å²) in [7, 11) is 1.52. The van der Waals surface area contributed by atoms with E-state index in [9.17, 15) is 4.79 Å². The molecule has 0 aliphatic rings. The number of rotatable bonds is 6. The van der Waals surface area contributed by atoms with Crippen LogP contribution in [0.4, 0.5) is 0 Å². The van der Waals surface area contributed by atoms with Gasteiger partial charge in [0.15, 0.2) is 11.5 Å². The van der Waals surface area contributed by atoms with E-state index in [0.717, 1.165) is 5.56 Å². The second-order valence-corrected chi connectivity index (χ2v) is 6.20. The molecular weight excluding hydrogens is 384 g/mol. The molecule has 0 fully saturated rings. The minimum atomic E-state index is -0.780. The molecule has 0 aliphatic carbocycles. The van der Waals surface area contributed by atoms with Crippen molar-refractivity contribution in [1.82, 2.24) is 0 Å². The van der Waals surface area contributed by atoms with Gasteiger partial charge in [-0.05, 0) is 52.2 Å². The number of nitrogens with two attached hydrogens (primary N) is 1. The van der Waals surface area contributed by atoms with E-state index in [1.807, 2.05) is 31.2 Å². The quantitative estimate of drug-likeness (QED) is 0.590. The van der Waals surface area contributed by atoms with E-state index >= 15 is 0 Å². The first-order chi connectivity index (χ1) is 11.9. The van der Waals surface area contributed by atoms with Crippen molar-refractivity contribution in [1.29, 1.82) is 5.26 Å². The van der Waals surface area contributed by atoms with Gasteiger partial charge in [0.05, 0.1) is 11.6 Å². The number of ether oxygens (including phenoxy) is 2. The molecule has 0 saturated heterocycles. The van der Waals surface area contributed by atoms with E-state index in [0.29, 0.717) is 28.1 Å². The molecular formula is C19H17BrN2O3. The van der Waals surface area contributed by atoms with Crippen LogP contribution in [-0.2, 0) is 11.4 Å². The molecule has 128 valence electrons. The average molecular weight is 401 g/mol. The lowest BCUT2D eigenvalue weighted by Gasteiger charge is -2.14. The zero-order chi connectivity index (χ0) is 18.4. The predicted octanol–water partition coefficient (Wildman–Crippen LogP) is 3.74. The maximum absolute atomic E-state index is 11.2. The SMILES string of the molecule is COc1cc(/C=C(\C#N)C(N)=O)cc(Br)c1OCc1ccc(C)cc1. The van der Waals surface area contributed by atoms with Crippen LogP contribution in [0.3, 0.4) is 0 Å². The molecule has 0 aliphatic heterocycles. The molecule has 2 aromatic carbocycles. The lowest BCUT2D eigenvalue weighted by Crippen LogP contribution is -2.12. The Labute approximate surface area is 154 Å². The Balaban J connectivity index is 2.29. The number of amides is 1. The molecule has 0 saturated carbocycles. The van der Waals surface area contributed by atoms with E-state index in [1.54, 1.807) is 18.2 Å². The molecule has 0 unspecified atom stereocenters. The van der Waals surface area contributed by atoms with E-state index in [2.05, 4.69) is 15.9 Å². The van der Waals surface area contributed by atoms with Gasteiger partial charge in [0, 0.05) is 0 Å². The number of carbonyl (C=O) groups excluding carboxylic acids is 1. The predicted molar refractivity (Wildman–Crippen MR) is 99.0 cm³/mol. The fourth-order valence-electron chi connectivity index (χ4n) is 2.13. The summed E-state index contributed by atoms with van der Waals surface area (Å²) >= 11 is 3.44. The monoisotopic (exact) mass is 400 g/mol. The third-order valence-corrected chi connectivity index (χ3v) is 4.04. The largest absolute Gasteiger partial charge is 0.493 e. The third kappa shape index (κ3) is 4.85. The summed E-state index contributed by atoms with van der Waals surface area (Å²) in [5.41, 5.74) is 7.83. The minimum absolute atomic E-state index is 0.137. The molecule has 0 atom stereocenters. The van der Waals surface area contributed by atoms with E-state index in [1.165, 1.54) is 18.7 Å². The number of nitrogens with zero attached hydrogens (tertiary/aromatic N) is 1. The first kappa shape index (κ1) is 18.6. The van der Waals surface area contributed by atoms with E-state index < -0.39 is 5.91 Å². The number of primary amides is 1. The number of carbonyl (C=O) groups is 1. The van der Waals surface area contributed by atoms with Crippen molar-refractivity contribution in [2.45, 2.75) is 13.5 Å². The lowest BCUT2D eigenvalue weighted by molar-refractivity contribution is -0.114. The first-order valence-electron chi connectivity index (χ1n) is 7.42. The van der Waals surface area contributed by atoms with Crippen LogP contribution in [0.15, 0.2) is 46.4 Å². The Morgan fingerprint density at radius 2 is 2.00 bits per heavy atom. The Morgan fingerprint density at radius 3 is 2.56 bits per heavy atom. The van der Waals surface area contributed by atoms with Crippen molar-refractivity contribution in [2.24, 2.45) is 5.73 Å². The average Bonchev–Trinajstić information content (AvgIpc) is 2.59. The number of hydrogen-bond donors (Lipinski definition) is 1. The number of halogens is 1. The van der Waals surface area contributed by atoms with Gasteiger partial charge in [-0.25, -0.2) is 0 Å². The normalized spacial score (nSPS) is 10.9.